The number of ether oxygens (including phenoxy) is 2. The average molecular weight is 528 g/mol. The molecule has 0 bridgehead atoms. The maximum atomic E-state index is 10.3. The summed E-state index contributed by atoms with van der Waals surface area (Å²) >= 11 is 0. The molecule has 5 rings (SSSR count). The molecule has 5 aromatic rings. The molecule has 0 spiro atoms. The second-order valence-corrected chi connectivity index (χ2v) is 9.18. The SMILES string of the molecule is COc1ccc(-c2oc(/N=C/N(Cc3ccccc3)Cc3ccccc3)c(C#N)c2-c2ccc(OC)cc2)cc1. The molecular formula is C34H29N3O3. The minimum atomic E-state index is 0.255. The first-order valence-corrected chi connectivity index (χ1v) is 12.9. The van der Waals surface area contributed by atoms with Crippen molar-refractivity contribution in [3.63, 3.8) is 0 Å². The molecule has 1 heterocycles. The van der Waals surface area contributed by atoms with Crippen LogP contribution in [0.1, 0.15) is 16.7 Å². The Balaban J connectivity index is 1.57. The lowest BCUT2D eigenvalue weighted by atomic mass is 9.98. The van der Waals surface area contributed by atoms with Crippen molar-refractivity contribution in [2.45, 2.75) is 13.1 Å². The Bertz CT molecular complexity index is 1560. The van der Waals surface area contributed by atoms with Gasteiger partial charge in [-0.25, -0.2) is 4.99 Å². The number of methoxy groups -OCH3 is 2. The van der Waals surface area contributed by atoms with Gasteiger partial charge in [0.2, 0.25) is 5.88 Å². The topological polar surface area (TPSA) is 71.0 Å². The summed E-state index contributed by atoms with van der Waals surface area (Å²) in [4.78, 5) is 6.84. The molecule has 6 heteroatoms. The van der Waals surface area contributed by atoms with Gasteiger partial charge >= 0.3 is 0 Å². The fourth-order valence-electron chi connectivity index (χ4n) is 4.50. The number of aliphatic imine (C=N–C) groups is 1. The van der Waals surface area contributed by atoms with E-state index in [0.717, 1.165) is 33.8 Å². The molecule has 0 unspecified atom stereocenters. The molecule has 0 N–H and O–H groups in total. The van der Waals surface area contributed by atoms with Crippen LogP contribution in [0.2, 0.25) is 0 Å². The van der Waals surface area contributed by atoms with Gasteiger partial charge in [0.15, 0.2) is 0 Å². The molecule has 0 saturated heterocycles. The van der Waals surface area contributed by atoms with Gasteiger partial charge in [0.1, 0.15) is 28.9 Å². The highest BCUT2D eigenvalue weighted by Crippen LogP contribution is 2.43. The van der Waals surface area contributed by atoms with Crippen LogP contribution in [0.4, 0.5) is 5.88 Å². The fourth-order valence-corrected chi connectivity index (χ4v) is 4.50. The molecule has 1 aromatic heterocycles. The largest absolute Gasteiger partial charge is 0.497 e. The summed E-state index contributed by atoms with van der Waals surface area (Å²) in [6, 6.07) is 37.9. The van der Waals surface area contributed by atoms with Crippen molar-refractivity contribution in [2.75, 3.05) is 14.2 Å². The summed E-state index contributed by atoms with van der Waals surface area (Å²) in [5, 5.41) is 10.3. The van der Waals surface area contributed by atoms with E-state index in [1.54, 1.807) is 20.6 Å². The molecule has 0 aliphatic carbocycles. The normalized spacial score (nSPS) is 10.8. The third-order valence-corrected chi connectivity index (χ3v) is 6.53. The van der Waals surface area contributed by atoms with Gasteiger partial charge in [-0.2, -0.15) is 5.26 Å². The zero-order valence-corrected chi connectivity index (χ0v) is 22.5. The smallest absolute Gasteiger partial charge is 0.239 e. The molecule has 4 aromatic carbocycles. The number of furan rings is 1. The zero-order chi connectivity index (χ0) is 27.7. The Hall–Kier alpha value is -5.28. The van der Waals surface area contributed by atoms with E-state index >= 15 is 0 Å². The number of hydrogen-bond donors (Lipinski definition) is 0. The quantitative estimate of drug-likeness (QED) is 0.137. The van der Waals surface area contributed by atoms with Crippen LogP contribution in [-0.4, -0.2) is 25.5 Å². The molecule has 198 valence electrons. The van der Waals surface area contributed by atoms with Gasteiger partial charge < -0.3 is 18.8 Å². The average Bonchev–Trinajstić information content (AvgIpc) is 3.39. The highest BCUT2D eigenvalue weighted by Gasteiger charge is 2.23. The van der Waals surface area contributed by atoms with Crippen molar-refractivity contribution in [2.24, 2.45) is 4.99 Å². The standard InChI is InChI=1S/C34H29N3O3/c1-38-29-17-13-27(14-18-29)32-31(21-35)34(40-33(32)28-15-19-30(39-2)20-16-28)36-24-37(22-25-9-5-3-6-10-25)23-26-11-7-4-8-12-26/h3-20,24H,22-23H2,1-2H3/b36-24+. The van der Waals surface area contributed by atoms with Crippen LogP contribution in [0.15, 0.2) is 119 Å². The van der Waals surface area contributed by atoms with Crippen LogP contribution >= 0.6 is 0 Å². The van der Waals surface area contributed by atoms with Crippen LogP contribution in [0.3, 0.4) is 0 Å². The van der Waals surface area contributed by atoms with Crippen LogP contribution in [0.25, 0.3) is 22.5 Å². The van der Waals surface area contributed by atoms with Gasteiger partial charge in [-0.1, -0.05) is 72.8 Å². The first-order chi connectivity index (χ1) is 19.7. The van der Waals surface area contributed by atoms with E-state index in [1.165, 1.54) is 0 Å². The third-order valence-electron chi connectivity index (χ3n) is 6.53. The molecule has 0 fully saturated rings. The maximum Gasteiger partial charge on any atom is 0.239 e. The van der Waals surface area contributed by atoms with Gasteiger partial charge in [0.05, 0.1) is 20.6 Å². The molecule has 0 amide bonds. The van der Waals surface area contributed by atoms with E-state index < -0.39 is 0 Å². The minimum Gasteiger partial charge on any atom is -0.497 e. The van der Waals surface area contributed by atoms with Gasteiger partial charge in [-0.3, -0.25) is 0 Å². The first kappa shape index (κ1) is 26.3. The van der Waals surface area contributed by atoms with Crippen molar-refractivity contribution in [1.29, 1.82) is 5.26 Å². The van der Waals surface area contributed by atoms with Crippen LogP contribution in [-0.2, 0) is 13.1 Å². The Morgan fingerprint density at radius 3 is 1.70 bits per heavy atom. The Kier molecular flexibility index (Phi) is 8.24. The van der Waals surface area contributed by atoms with Crippen molar-refractivity contribution >= 4 is 12.2 Å². The van der Waals surface area contributed by atoms with Gasteiger partial charge in [0.25, 0.3) is 0 Å². The lowest BCUT2D eigenvalue weighted by Crippen LogP contribution is -2.20. The summed E-state index contributed by atoms with van der Waals surface area (Å²) in [5.74, 6) is 2.28. The molecular weight excluding hydrogens is 498 g/mol. The predicted molar refractivity (Wildman–Crippen MR) is 158 cm³/mol. The van der Waals surface area contributed by atoms with Crippen LogP contribution < -0.4 is 9.47 Å². The minimum absolute atomic E-state index is 0.255. The molecule has 0 atom stereocenters. The van der Waals surface area contributed by atoms with Gasteiger partial charge in [-0.05, 0) is 53.1 Å². The van der Waals surface area contributed by atoms with Crippen molar-refractivity contribution in [3.05, 3.63) is 126 Å². The van der Waals surface area contributed by atoms with Gasteiger partial charge in [0, 0.05) is 24.2 Å². The maximum absolute atomic E-state index is 10.3. The number of rotatable bonds is 10. The number of nitrogens with zero attached hydrogens (tertiary/aromatic N) is 3. The summed E-state index contributed by atoms with van der Waals surface area (Å²) < 4.78 is 17.0. The number of nitriles is 1. The second-order valence-electron chi connectivity index (χ2n) is 9.18. The highest BCUT2D eigenvalue weighted by atomic mass is 16.5. The summed E-state index contributed by atoms with van der Waals surface area (Å²) in [5.41, 5.74) is 5.01. The van der Waals surface area contributed by atoms with Crippen molar-refractivity contribution in [1.82, 2.24) is 4.90 Å². The molecule has 0 aliphatic heterocycles. The molecule has 6 nitrogen and oxygen atoms in total. The zero-order valence-electron chi connectivity index (χ0n) is 22.5. The lowest BCUT2D eigenvalue weighted by molar-refractivity contribution is 0.414. The van der Waals surface area contributed by atoms with E-state index in [1.807, 2.05) is 84.9 Å². The molecule has 0 saturated carbocycles. The number of benzene rings is 4. The van der Waals surface area contributed by atoms with E-state index in [2.05, 4.69) is 35.2 Å². The Morgan fingerprint density at radius 1 is 0.725 bits per heavy atom. The number of hydrogen-bond acceptors (Lipinski definition) is 5. The van der Waals surface area contributed by atoms with Crippen molar-refractivity contribution in [3.8, 4) is 40.0 Å². The van der Waals surface area contributed by atoms with Crippen molar-refractivity contribution < 1.29 is 13.9 Å². The second kappa shape index (κ2) is 12.5. The fraction of sp³-hybridized carbons (Fsp3) is 0.118. The Labute approximate surface area is 234 Å². The van der Waals surface area contributed by atoms with Crippen LogP contribution in [0.5, 0.6) is 11.5 Å². The first-order valence-electron chi connectivity index (χ1n) is 12.9. The summed E-state index contributed by atoms with van der Waals surface area (Å²) in [7, 11) is 3.25. The lowest BCUT2D eigenvalue weighted by Gasteiger charge is -2.19. The van der Waals surface area contributed by atoms with Crippen LogP contribution in [0, 0.1) is 11.3 Å². The predicted octanol–water partition coefficient (Wildman–Crippen LogP) is 7.86. The van der Waals surface area contributed by atoms with E-state index in [4.69, 9.17) is 18.9 Å². The van der Waals surface area contributed by atoms with Gasteiger partial charge in [-0.15, -0.1) is 0 Å². The van der Waals surface area contributed by atoms with E-state index in [9.17, 15) is 5.26 Å². The molecule has 0 radical (unpaired) electrons. The highest BCUT2D eigenvalue weighted by molar-refractivity contribution is 5.88. The summed E-state index contributed by atoms with van der Waals surface area (Å²) in [6.07, 6.45) is 1.76. The molecule has 40 heavy (non-hydrogen) atoms. The monoisotopic (exact) mass is 527 g/mol. The third kappa shape index (κ3) is 6.06. The summed E-state index contributed by atoms with van der Waals surface area (Å²) in [6.45, 7) is 1.30. The Morgan fingerprint density at radius 2 is 1.23 bits per heavy atom. The molecule has 0 aliphatic rings. The van der Waals surface area contributed by atoms with E-state index in [-0.39, 0.29) is 5.88 Å². The van der Waals surface area contributed by atoms with E-state index in [0.29, 0.717) is 30.0 Å².